The van der Waals surface area contributed by atoms with Gasteiger partial charge in [0.05, 0.1) is 5.92 Å². The first-order chi connectivity index (χ1) is 10.9. The summed E-state index contributed by atoms with van der Waals surface area (Å²) in [6, 6.07) is 0. The molecule has 3 aliphatic rings. The maximum absolute atomic E-state index is 13.0. The number of carbonyl (C=O) groups is 1. The minimum absolute atomic E-state index is 0.0135. The van der Waals surface area contributed by atoms with Crippen LogP contribution in [-0.4, -0.2) is 22.9 Å². The van der Waals surface area contributed by atoms with E-state index in [1.165, 1.54) is 0 Å². The highest BCUT2D eigenvalue weighted by Gasteiger charge is 2.60. The largest absolute Gasteiger partial charge is 0.431 e. The third-order valence-electron chi connectivity index (χ3n) is 6.87. The van der Waals surface area contributed by atoms with E-state index in [1.54, 1.807) is 0 Å². The molecule has 3 rings (SSSR count). The van der Waals surface area contributed by atoms with Crippen molar-refractivity contribution < 1.29 is 27.8 Å². The van der Waals surface area contributed by atoms with Crippen LogP contribution in [0.3, 0.4) is 0 Å². The van der Waals surface area contributed by atoms with Crippen molar-refractivity contribution in [3.63, 3.8) is 0 Å². The Bertz CT molecular complexity index is 554. The van der Waals surface area contributed by atoms with Crippen LogP contribution in [0, 0.1) is 41.4 Å². The van der Waals surface area contributed by atoms with E-state index in [9.17, 15) is 23.1 Å². The smallest absolute Gasteiger partial charge is 0.416 e. The fraction of sp³-hybridized carbons (Fsp3) is 0.833. The van der Waals surface area contributed by atoms with Gasteiger partial charge in [-0.3, -0.25) is 4.79 Å². The van der Waals surface area contributed by atoms with Gasteiger partial charge in [0.15, 0.2) is 5.60 Å². The zero-order chi connectivity index (χ0) is 18.0. The molecule has 0 aromatic carbocycles. The summed E-state index contributed by atoms with van der Waals surface area (Å²) < 4.78 is 44.3. The Morgan fingerprint density at radius 2 is 1.92 bits per heavy atom. The summed E-state index contributed by atoms with van der Waals surface area (Å²) in [4.78, 5) is 12.2. The van der Waals surface area contributed by atoms with Crippen LogP contribution in [0.4, 0.5) is 13.2 Å². The lowest BCUT2D eigenvalue weighted by Crippen LogP contribution is -2.46. The van der Waals surface area contributed by atoms with Gasteiger partial charge in [-0.2, -0.15) is 13.2 Å². The van der Waals surface area contributed by atoms with Crippen molar-refractivity contribution in [3.05, 3.63) is 12.3 Å². The van der Waals surface area contributed by atoms with Gasteiger partial charge in [-0.15, -0.1) is 0 Å². The van der Waals surface area contributed by atoms with Crippen LogP contribution in [0.15, 0.2) is 12.3 Å². The standard InChI is InChI=1S/C18H25F3O3/c1-8-10(3)24-16(22)15(8)14-9(2)11-5-12(13(14)6-11)7-17(4,23)18(19,20)21/h8-9,11-15,23H,3,5-7H2,1-2,4H3. The number of rotatable bonds is 3. The second-order valence-electron chi connectivity index (χ2n) is 8.27. The lowest BCUT2D eigenvalue weighted by Gasteiger charge is -2.40. The second kappa shape index (κ2) is 5.48. The van der Waals surface area contributed by atoms with Crippen molar-refractivity contribution in [1.29, 1.82) is 0 Å². The third-order valence-corrected chi connectivity index (χ3v) is 6.87. The first kappa shape index (κ1) is 17.8. The number of esters is 1. The number of ether oxygens (including phenoxy) is 1. The van der Waals surface area contributed by atoms with E-state index in [4.69, 9.17) is 4.74 Å². The Hall–Kier alpha value is -1.04. The number of fused-ring (bicyclic) bond motifs is 2. The molecule has 0 aromatic rings. The lowest BCUT2D eigenvalue weighted by molar-refractivity contribution is -0.260. The molecule has 0 aromatic heterocycles. The van der Waals surface area contributed by atoms with Gasteiger partial charge in [0, 0.05) is 5.92 Å². The van der Waals surface area contributed by atoms with Gasteiger partial charge < -0.3 is 9.84 Å². The van der Waals surface area contributed by atoms with Crippen LogP contribution < -0.4 is 0 Å². The summed E-state index contributed by atoms with van der Waals surface area (Å²) in [5, 5.41) is 9.87. The summed E-state index contributed by atoms with van der Waals surface area (Å²) in [7, 11) is 0. The Labute approximate surface area is 140 Å². The molecule has 24 heavy (non-hydrogen) atoms. The van der Waals surface area contributed by atoms with Gasteiger partial charge in [-0.25, -0.2) is 0 Å². The normalized spacial score (nSPS) is 44.7. The fourth-order valence-electron chi connectivity index (χ4n) is 5.45. The zero-order valence-electron chi connectivity index (χ0n) is 14.3. The predicted octanol–water partition coefficient (Wildman–Crippen LogP) is 3.92. The molecular formula is C18H25F3O3. The van der Waals surface area contributed by atoms with E-state index in [0.29, 0.717) is 18.1 Å². The van der Waals surface area contributed by atoms with Gasteiger partial charge in [-0.05, 0) is 55.8 Å². The van der Waals surface area contributed by atoms with E-state index < -0.39 is 11.8 Å². The molecule has 1 N–H and O–H groups in total. The molecule has 2 saturated carbocycles. The SMILES string of the molecule is C=C1OC(=O)C(C2C(C)C3CC(CC(C)(O)C(F)(F)F)C2C3)C1C. The van der Waals surface area contributed by atoms with Gasteiger partial charge in [0.25, 0.3) is 0 Å². The molecule has 0 amide bonds. The highest BCUT2D eigenvalue weighted by atomic mass is 19.4. The number of carbonyl (C=O) groups excluding carboxylic acids is 1. The van der Waals surface area contributed by atoms with Crippen LogP contribution in [0.2, 0.25) is 0 Å². The Morgan fingerprint density at radius 1 is 1.29 bits per heavy atom. The van der Waals surface area contributed by atoms with E-state index >= 15 is 0 Å². The molecule has 1 saturated heterocycles. The molecule has 3 fully saturated rings. The maximum Gasteiger partial charge on any atom is 0.416 e. The van der Waals surface area contributed by atoms with Crippen LogP contribution in [0.5, 0.6) is 0 Å². The number of alkyl halides is 3. The molecule has 8 unspecified atom stereocenters. The van der Waals surface area contributed by atoms with E-state index in [2.05, 4.69) is 13.5 Å². The number of halogens is 3. The Morgan fingerprint density at radius 3 is 2.38 bits per heavy atom. The first-order valence-corrected chi connectivity index (χ1v) is 8.63. The highest BCUT2D eigenvalue weighted by molar-refractivity contribution is 5.77. The molecule has 2 bridgehead atoms. The number of cyclic esters (lactones) is 1. The van der Waals surface area contributed by atoms with Crippen molar-refractivity contribution in [1.82, 2.24) is 0 Å². The molecule has 136 valence electrons. The lowest BCUT2D eigenvalue weighted by atomic mass is 9.65. The monoisotopic (exact) mass is 346 g/mol. The third kappa shape index (κ3) is 2.57. The van der Waals surface area contributed by atoms with Crippen molar-refractivity contribution in [2.75, 3.05) is 0 Å². The topological polar surface area (TPSA) is 46.5 Å². The molecule has 3 nitrogen and oxygen atoms in total. The summed E-state index contributed by atoms with van der Waals surface area (Å²) in [6.45, 7) is 8.62. The zero-order valence-corrected chi connectivity index (χ0v) is 14.3. The molecule has 1 heterocycles. The van der Waals surface area contributed by atoms with Crippen molar-refractivity contribution in [3.8, 4) is 0 Å². The van der Waals surface area contributed by atoms with Gasteiger partial charge >= 0.3 is 12.1 Å². The average Bonchev–Trinajstić information content (AvgIpc) is 3.03. The molecule has 1 aliphatic heterocycles. The minimum Gasteiger partial charge on any atom is -0.431 e. The quantitative estimate of drug-likeness (QED) is 0.788. The van der Waals surface area contributed by atoms with E-state index in [0.717, 1.165) is 13.3 Å². The van der Waals surface area contributed by atoms with Gasteiger partial charge in [0.1, 0.15) is 5.76 Å². The van der Waals surface area contributed by atoms with E-state index in [1.807, 2.05) is 6.92 Å². The van der Waals surface area contributed by atoms with Crippen LogP contribution in [0.1, 0.15) is 40.0 Å². The number of allylic oxidation sites excluding steroid dienone is 1. The molecule has 2 aliphatic carbocycles. The maximum atomic E-state index is 13.0. The predicted molar refractivity (Wildman–Crippen MR) is 81.5 cm³/mol. The molecular weight excluding hydrogens is 321 g/mol. The van der Waals surface area contributed by atoms with Crippen LogP contribution >= 0.6 is 0 Å². The molecule has 6 heteroatoms. The Balaban J connectivity index is 1.81. The molecule has 0 spiro atoms. The number of aliphatic hydroxyl groups is 1. The number of hydrogen-bond donors (Lipinski definition) is 1. The summed E-state index contributed by atoms with van der Waals surface area (Å²) in [6.07, 6.45) is -3.39. The highest BCUT2D eigenvalue weighted by Crippen LogP contribution is 2.61. The summed E-state index contributed by atoms with van der Waals surface area (Å²) in [5.74, 6) is 0.188. The first-order valence-electron chi connectivity index (χ1n) is 8.63. The Kier molecular flexibility index (Phi) is 4.06. The van der Waals surface area contributed by atoms with Crippen LogP contribution in [0.25, 0.3) is 0 Å². The van der Waals surface area contributed by atoms with Crippen molar-refractivity contribution >= 4 is 5.97 Å². The van der Waals surface area contributed by atoms with Crippen molar-refractivity contribution in [2.45, 2.75) is 51.8 Å². The average molecular weight is 346 g/mol. The van der Waals surface area contributed by atoms with E-state index in [-0.39, 0.29) is 47.9 Å². The fourth-order valence-corrected chi connectivity index (χ4v) is 5.45. The van der Waals surface area contributed by atoms with Crippen LogP contribution in [-0.2, 0) is 9.53 Å². The molecule has 8 atom stereocenters. The minimum atomic E-state index is -4.64. The second-order valence-corrected chi connectivity index (χ2v) is 8.27. The van der Waals surface area contributed by atoms with Gasteiger partial charge in [-0.1, -0.05) is 20.4 Å². The molecule has 0 radical (unpaired) electrons. The summed E-state index contributed by atoms with van der Waals surface area (Å²) in [5.41, 5.74) is -2.68. The summed E-state index contributed by atoms with van der Waals surface area (Å²) >= 11 is 0. The van der Waals surface area contributed by atoms with Gasteiger partial charge in [0.2, 0.25) is 0 Å². The van der Waals surface area contributed by atoms with Crippen molar-refractivity contribution in [2.24, 2.45) is 41.4 Å². The number of hydrogen-bond acceptors (Lipinski definition) is 3.